The highest BCUT2D eigenvalue weighted by molar-refractivity contribution is 6.31. The normalized spacial score (nSPS) is 17.8. The van der Waals surface area contributed by atoms with E-state index in [0.29, 0.717) is 5.92 Å². The first-order valence-corrected chi connectivity index (χ1v) is 5.27. The van der Waals surface area contributed by atoms with Crippen LogP contribution >= 0.6 is 24.0 Å². The second-order valence-electron chi connectivity index (χ2n) is 3.86. The van der Waals surface area contributed by atoms with E-state index in [9.17, 15) is 4.39 Å². The van der Waals surface area contributed by atoms with Gasteiger partial charge in [0.1, 0.15) is 5.82 Å². The van der Waals surface area contributed by atoms with E-state index in [1.807, 2.05) is 6.07 Å². The van der Waals surface area contributed by atoms with Crippen LogP contribution in [0.1, 0.15) is 30.9 Å². The molecule has 1 aliphatic carbocycles. The summed E-state index contributed by atoms with van der Waals surface area (Å²) in [5.74, 6) is 0.105. The molecular formula is C11H14Cl2FN. The second-order valence-corrected chi connectivity index (χ2v) is 4.24. The summed E-state index contributed by atoms with van der Waals surface area (Å²) in [6.07, 6.45) is 3.49. The summed E-state index contributed by atoms with van der Waals surface area (Å²) in [5, 5.41) is 0.187. The van der Waals surface area contributed by atoms with Gasteiger partial charge in [0.15, 0.2) is 0 Å². The van der Waals surface area contributed by atoms with Crippen molar-refractivity contribution in [3.05, 3.63) is 34.6 Å². The first-order valence-electron chi connectivity index (χ1n) is 4.89. The average Bonchev–Trinajstić information content (AvgIpc) is 2.06. The fourth-order valence-corrected chi connectivity index (χ4v) is 2.08. The van der Waals surface area contributed by atoms with Gasteiger partial charge in [0, 0.05) is 6.04 Å². The Morgan fingerprint density at radius 1 is 1.40 bits per heavy atom. The Morgan fingerprint density at radius 3 is 2.60 bits per heavy atom. The topological polar surface area (TPSA) is 26.0 Å². The first-order chi connectivity index (χ1) is 6.70. The summed E-state index contributed by atoms with van der Waals surface area (Å²) < 4.78 is 13.1. The van der Waals surface area contributed by atoms with Crippen molar-refractivity contribution in [2.75, 3.05) is 0 Å². The van der Waals surface area contributed by atoms with Crippen LogP contribution in [0.25, 0.3) is 0 Å². The molecule has 1 aromatic rings. The molecule has 0 amide bonds. The highest BCUT2D eigenvalue weighted by atomic mass is 35.5. The van der Waals surface area contributed by atoms with Crippen molar-refractivity contribution in [2.24, 2.45) is 11.7 Å². The van der Waals surface area contributed by atoms with Gasteiger partial charge in [0.25, 0.3) is 0 Å². The molecular weight excluding hydrogens is 236 g/mol. The number of hydrogen-bond acceptors (Lipinski definition) is 1. The van der Waals surface area contributed by atoms with Crippen LogP contribution in [0, 0.1) is 11.7 Å². The largest absolute Gasteiger partial charge is 0.324 e. The zero-order chi connectivity index (χ0) is 10.1. The van der Waals surface area contributed by atoms with Gasteiger partial charge in [-0.2, -0.15) is 0 Å². The highest BCUT2D eigenvalue weighted by Crippen LogP contribution is 2.38. The van der Waals surface area contributed by atoms with E-state index >= 15 is 0 Å². The number of nitrogens with two attached hydrogens (primary N) is 1. The molecule has 0 unspecified atom stereocenters. The van der Waals surface area contributed by atoms with Gasteiger partial charge in [-0.25, -0.2) is 4.39 Å². The lowest BCUT2D eigenvalue weighted by atomic mass is 9.77. The fourth-order valence-electron chi connectivity index (χ4n) is 1.83. The van der Waals surface area contributed by atoms with Crippen LogP contribution < -0.4 is 5.73 Å². The van der Waals surface area contributed by atoms with Crippen molar-refractivity contribution in [3.63, 3.8) is 0 Å². The monoisotopic (exact) mass is 249 g/mol. The summed E-state index contributed by atoms with van der Waals surface area (Å²) in [5.41, 5.74) is 6.77. The lowest BCUT2D eigenvalue weighted by molar-refractivity contribution is 0.264. The van der Waals surface area contributed by atoms with Gasteiger partial charge >= 0.3 is 0 Å². The van der Waals surface area contributed by atoms with Gasteiger partial charge in [0.2, 0.25) is 0 Å². The minimum absolute atomic E-state index is 0. The molecule has 0 radical (unpaired) electrons. The summed E-state index contributed by atoms with van der Waals surface area (Å²) in [6, 6.07) is 4.73. The third-order valence-corrected chi connectivity index (χ3v) is 3.40. The molecule has 0 spiro atoms. The fraction of sp³-hybridized carbons (Fsp3) is 0.455. The number of halogens is 3. The molecule has 2 N–H and O–H groups in total. The van der Waals surface area contributed by atoms with Crippen LogP contribution in [0.3, 0.4) is 0 Å². The van der Waals surface area contributed by atoms with Gasteiger partial charge < -0.3 is 5.73 Å². The zero-order valence-electron chi connectivity index (χ0n) is 8.25. The van der Waals surface area contributed by atoms with E-state index in [1.54, 1.807) is 6.07 Å². The Hall–Kier alpha value is -0.310. The molecule has 1 atom stereocenters. The maximum Gasteiger partial charge on any atom is 0.142 e. The SMILES string of the molecule is Cl.N[C@H](c1cccc(F)c1Cl)C1CCC1. The van der Waals surface area contributed by atoms with E-state index in [0.717, 1.165) is 18.4 Å². The van der Waals surface area contributed by atoms with Crippen LogP contribution in [0.2, 0.25) is 5.02 Å². The Morgan fingerprint density at radius 2 is 2.07 bits per heavy atom. The standard InChI is InChI=1S/C11H13ClFN.ClH/c12-10-8(5-2-6-9(10)13)11(14)7-3-1-4-7;/h2,5-7,11H,1,3-4,14H2;1H/t11-;/m0./s1. The van der Waals surface area contributed by atoms with Crippen molar-refractivity contribution >= 4 is 24.0 Å². The summed E-state index contributed by atoms with van der Waals surface area (Å²) >= 11 is 5.86. The Bertz CT molecular complexity index is 339. The molecule has 84 valence electrons. The van der Waals surface area contributed by atoms with E-state index in [1.165, 1.54) is 12.5 Å². The van der Waals surface area contributed by atoms with Crippen LogP contribution in [0.4, 0.5) is 4.39 Å². The van der Waals surface area contributed by atoms with Gasteiger partial charge in [-0.3, -0.25) is 0 Å². The lowest BCUT2D eigenvalue weighted by Crippen LogP contribution is -2.27. The molecule has 0 aromatic heterocycles. The molecule has 4 heteroatoms. The van der Waals surface area contributed by atoms with Crippen LogP contribution in [0.15, 0.2) is 18.2 Å². The molecule has 0 saturated heterocycles. The molecule has 2 rings (SSSR count). The number of rotatable bonds is 2. The van der Waals surface area contributed by atoms with Crippen molar-refractivity contribution < 1.29 is 4.39 Å². The summed E-state index contributed by atoms with van der Waals surface area (Å²) in [4.78, 5) is 0. The Balaban J connectivity index is 0.00000112. The summed E-state index contributed by atoms with van der Waals surface area (Å²) in [6.45, 7) is 0. The molecule has 1 fully saturated rings. The maximum atomic E-state index is 13.1. The lowest BCUT2D eigenvalue weighted by Gasteiger charge is -2.31. The van der Waals surface area contributed by atoms with Crippen molar-refractivity contribution in [2.45, 2.75) is 25.3 Å². The van der Waals surface area contributed by atoms with Crippen molar-refractivity contribution in [1.82, 2.24) is 0 Å². The predicted molar refractivity (Wildman–Crippen MR) is 62.9 cm³/mol. The molecule has 1 aliphatic rings. The Kier molecular flexibility index (Phi) is 4.38. The van der Waals surface area contributed by atoms with Gasteiger partial charge in [0.05, 0.1) is 5.02 Å². The molecule has 15 heavy (non-hydrogen) atoms. The maximum absolute atomic E-state index is 13.1. The van der Waals surface area contributed by atoms with Gasteiger partial charge in [-0.15, -0.1) is 12.4 Å². The second kappa shape index (κ2) is 5.15. The van der Waals surface area contributed by atoms with Crippen LogP contribution in [-0.4, -0.2) is 0 Å². The van der Waals surface area contributed by atoms with E-state index in [-0.39, 0.29) is 29.3 Å². The molecule has 1 aromatic carbocycles. The molecule has 0 heterocycles. The van der Waals surface area contributed by atoms with Crippen LogP contribution in [-0.2, 0) is 0 Å². The highest BCUT2D eigenvalue weighted by Gasteiger charge is 2.27. The summed E-state index contributed by atoms with van der Waals surface area (Å²) in [7, 11) is 0. The molecule has 1 saturated carbocycles. The quantitative estimate of drug-likeness (QED) is 0.850. The number of hydrogen-bond donors (Lipinski definition) is 1. The molecule has 1 nitrogen and oxygen atoms in total. The van der Waals surface area contributed by atoms with E-state index in [4.69, 9.17) is 17.3 Å². The predicted octanol–water partition coefficient (Wildman–Crippen LogP) is 3.70. The average molecular weight is 250 g/mol. The van der Waals surface area contributed by atoms with Crippen LogP contribution in [0.5, 0.6) is 0 Å². The third kappa shape index (κ3) is 2.44. The first kappa shape index (κ1) is 12.8. The van der Waals surface area contributed by atoms with E-state index < -0.39 is 0 Å². The smallest absolute Gasteiger partial charge is 0.142 e. The third-order valence-electron chi connectivity index (χ3n) is 3.00. The van der Waals surface area contributed by atoms with E-state index in [2.05, 4.69) is 0 Å². The minimum Gasteiger partial charge on any atom is -0.324 e. The number of benzene rings is 1. The molecule has 0 bridgehead atoms. The van der Waals surface area contributed by atoms with Crippen molar-refractivity contribution in [1.29, 1.82) is 0 Å². The Labute approximate surface area is 100 Å². The molecule has 0 aliphatic heterocycles. The van der Waals surface area contributed by atoms with Crippen molar-refractivity contribution in [3.8, 4) is 0 Å². The van der Waals surface area contributed by atoms with Gasteiger partial charge in [-0.1, -0.05) is 30.2 Å². The van der Waals surface area contributed by atoms with Gasteiger partial charge in [-0.05, 0) is 30.4 Å². The zero-order valence-corrected chi connectivity index (χ0v) is 9.82. The minimum atomic E-state index is -0.376.